The van der Waals surface area contributed by atoms with Crippen LogP contribution in [0.4, 0.5) is 0 Å². The number of rotatable bonds is 8. The van der Waals surface area contributed by atoms with Crippen LogP contribution >= 0.6 is 0 Å². The molecule has 0 aliphatic carbocycles. The van der Waals surface area contributed by atoms with Crippen LogP contribution in [0.15, 0.2) is 0 Å². The highest BCUT2D eigenvalue weighted by molar-refractivity contribution is 4.75. The van der Waals surface area contributed by atoms with E-state index in [9.17, 15) is 0 Å². The molecule has 1 atom stereocenters. The molecule has 104 valence electrons. The average Bonchev–Trinajstić information content (AvgIpc) is 2.20. The summed E-state index contributed by atoms with van der Waals surface area (Å²) in [6, 6.07) is 0. The fourth-order valence-electron chi connectivity index (χ4n) is 2.47. The highest BCUT2D eigenvalue weighted by Crippen LogP contribution is 2.24. The van der Waals surface area contributed by atoms with Gasteiger partial charge in [-0.2, -0.15) is 0 Å². The van der Waals surface area contributed by atoms with Crippen molar-refractivity contribution in [2.45, 2.75) is 79.7 Å². The highest BCUT2D eigenvalue weighted by atomic mass is 14.9. The zero-order valence-corrected chi connectivity index (χ0v) is 13.3. The number of hydrogen-bond acceptors (Lipinski definition) is 1. The Hall–Kier alpha value is -0.0400. The van der Waals surface area contributed by atoms with E-state index in [4.69, 9.17) is 0 Å². The molecule has 0 aromatic heterocycles. The largest absolute Gasteiger partial charge is 0.312 e. The second-order valence-corrected chi connectivity index (χ2v) is 7.04. The summed E-state index contributed by atoms with van der Waals surface area (Å²) < 4.78 is 0. The van der Waals surface area contributed by atoms with E-state index >= 15 is 0 Å². The predicted molar refractivity (Wildman–Crippen MR) is 79.4 cm³/mol. The molecule has 0 aliphatic heterocycles. The van der Waals surface area contributed by atoms with Crippen LogP contribution in [0.1, 0.15) is 74.1 Å². The van der Waals surface area contributed by atoms with E-state index in [-0.39, 0.29) is 5.54 Å². The maximum Gasteiger partial charge on any atom is 0.00966 e. The minimum Gasteiger partial charge on any atom is -0.312 e. The summed E-state index contributed by atoms with van der Waals surface area (Å²) in [7, 11) is 0. The van der Waals surface area contributed by atoms with E-state index in [0.717, 1.165) is 17.8 Å². The first-order chi connectivity index (χ1) is 7.78. The van der Waals surface area contributed by atoms with E-state index < -0.39 is 0 Å². The standard InChI is InChI=1S/C16H35N/c1-8-14(9-2)11-15(10-13(3)4)12-17-16(5,6)7/h13-15,17H,8-12H2,1-7H3. The van der Waals surface area contributed by atoms with Gasteiger partial charge in [0, 0.05) is 5.54 Å². The Morgan fingerprint density at radius 1 is 0.882 bits per heavy atom. The maximum atomic E-state index is 3.68. The highest BCUT2D eigenvalue weighted by Gasteiger charge is 2.18. The predicted octanol–water partition coefficient (Wildman–Crippen LogP) is 4.86. The van der Waals surface area contributed by atoms with Crippen LogP contribution < -0.4 is 5.32 Å². The Balaban J connectivity index is 4.22. The van der Waals surface area contributed by atoms with Crippen molar-refractivity contribution in [3.63, 3.8) is 0 Å². The Labute approximate surface area is 110 Å². The van der Waals surface area contributed by atoms with Crippen molar-refractivity contribution < 1.29 is 0 Å². The third-order valence-corrected chi connectivity index (χ3v) is 3.55. The van der Waals surface area contributed by atoms with Gasteiger partial charge in [-0.3, -0.25) is 0 Å². The molecule has 0 spiro atoms. The Morgan fingerprint density at radius 2 is 1.41 bits per heavy atom. The van der Waals surface area contributed by atoms with E-state index in [1.807, 2.05) is 0 Å². The molecular weight excluding hydrogens is 206 g/mol. The zero-order chi connectivity index (χ0) is 13.5. The third kappa shape index (κ3) is 9.64. The lowest BCUT2D eigenvalue weighted by Crippen LogP contribution is -2.39. The van der Waals surface area contributed by atoms with Crippen molar-refractivity contribution in [3.8, 4) is 0 Å². The quantitative estimate of drug-likeness (QED) is 0.639. The normalized spacial score (nSPS) is 14.6. The van der Waals surface area contributed by atoms with Gasteiger partial charge in [-0.1, -0.05) is 40.5 Å². The first kappa shape index (κ1) is 17.0. The fourth-order valence-corrected chi connectivity index (χ4v) is 2.47. The average molecular weight is 241 g/mol. The molecule has 0 saturated heterocycles. The topological polar surface area (TPSA) is 12.0 Å². The monoisotopic (exact) mass is 241 g/mol. The van der Waals surface area contributed by atoms with Gasteiger partial charge in [-0.25, -0.2) is 0 Å². The van der Waals surface area contributed by atoms with Gasteiger partial charge in [-0.15, -0.1) is 0 Å². The smallest absolute Gasteiger partial charge is 0.00966 e. The summed E-state index contributed by atoms with van der Waals surface area (Å²) in [5.41, 5.74) is 0.253. The molecule has 1 unspecified atom stereocenters. The summed E-state index contributed by atoms with van der Waals surface area (Å²) in [5, 5.41) is 3.68. The Bertz CT molecular complexity index is 174. The molecule has 0 heterocycles. The van der Waals surface area contributed by atoms with Crippen LogP contribution in [0, 0.1) is 17.8 Å². The summed E-state index contributed by atoms with van der Waals surface area (Å²) in [5.74, 6) is 2.58. The molecule has 1 heteroatoms. The van der Waals surface area contributed by atoms with Gasteiger partial charge in [0.05, 0.1) is 0 Å². The van der Waals surface area contributed by atoms with Crippen LogP contribution in [-0.4, -0.2) is 12.1 Å². The van der Waals surface area contributed by atoms with Crippen molar-refractivity contribution >= 4 is 0 Å². The minimum atomic E-state index is 0.253. The van der Waals surface area contributed by atoms with Gasteiger partial charge in [-0.05, 0) is 57.9 Å². The first-order valence-electron chi connectivity index (χ1n) is 7.53. The van der Waals surface area contributed by atoms with E-state index in [0.29, 0.717) is 0 Å². The van der Waals surface area contributed by atoms with Crippen LogP contribution in [0.3, 0.4) is 0 Å². The van der Waals surface area contributed by atoms with E-state index in [1.165, 1.54) is 32.2 Å². The Morgan fingerprint density at radius 3 is 1.76 bits per heavy atom. The first-order valence-corrected chi connectivity index (χ1v) is 7.53. The minimum absolute atomic E-state index is 0.253. The van der Waals surface area contributed by atoms with Crippen LogP contribution in [-0.2, 0) is 0 Å². The molecule has 0 rings (SSSR count). The SMILES string of the molecule is CCC(CC)CC(CNC(C)(C)C)CC(C)C. The van der Waals surface area contributed by atoms with Crippen LogP contribution in [0.2, 0.25) is 0 Å². The summed E-state index contributed by atoms with van der Waals surface area (Å²) in [6.45, 7) is 17.3. The van der Waals surface area contributed by atoms with E-state index in [2.05, 4.69) is 53.8 Å². The van der Waals surface area contributed by atoms with Gasteiger partial charge >= 0.3 is 0 Å². The van der Waals surface area contributed by atoms with Crippen molar-refractivity contribution in [1.29, 1.82) is 0 Å². The van der Waals surface area contributed by atoms with Gasteiger partial charge in [0.2, 0.25) is 0 Å². The maximum absolute atomic E-state index is 3.68. The molecule has 0 aromatic carbocycles. The van der Waals surface area contributed by atoms with Gasteiger partial charge in [0.25, 0.3) is 0 Å². The molecule has 0 bridgehead atoms. The van der Waals surface area contributed by atoms with Gasteiger partial charge < -0.3 is 5.32 Å². The number of hydrogen-bond donors (Lipinski definition) is 1. The second kappa shape index (κ2) is 8.13. The van der Waals surface area contributed by atoms with Crippen molar-refractivity contribution in [2.24, 2.45) is 17.8 Å². The summed E-state index contributed by atoms with van der Waals surface area (Å²) in [6.07, 6.45) is 5.43. The molecule has 0 amide bonds. The molecule has 1 nitrogen and oxygen atoms in total. The lowest BCUT2D eigenvalue weighted by Gasteiger charge is -2.28. The van der Waals surface area contributed by atoms with Crippen LogP contribution in [0.5, 0.6) is 0 Å². The molecule has 0 radical (unpaired) electrons. The van der Waals surface area contributed by atoms with Crippen molar-refractivity contribution in [3.05, 3.63) is 0 Å². The van der Waals surface area contributed by atoms with Gasteiger partial charge in [0.15, 0.2) is 0 Å². The summed E-state index contributed by atoms with van der Waals surface area (Å²) in [4.78, 5) is 0. The van der Waals surface area contributed by atoms with Crippen molar-refractivity contribution in [1.82, 2.24) is 5.32 Å². The summed E-state index contributed by atoms with van der Waals surface area (Å²) >= 11 is 0. The molecule has 1 N–H and O–H groups in total. The molecule has 17 heavy (non-hydrogen) atoms. The molecule has 0 fully saturated rings. The molecular formula is C16H35N. The number of nitrogens with one attached hydrogen (secondary N) is 1. The Kier molecular flexibility index (Phi) is 8.11. The van der Waals surface area contributed by atoms with Crippen molar-refractivity contribution in [2.75, 3.05) is 6.54 Å². The van der Waals surface area contributed by atoms with Gasteiger partial charge in [0.1, 0.15) is 0 Å². The van der Waals surface area contributed by atoms with Crippen LogP contribution in [0.25, 0.3) is 0 Å². The molecule has 0 aromatic rings. The zero-order valence-electron chi connectivity index (χ0n) is 13.3. The third-order valence-electron chi connectivity index (χ3n) is 3.55. The van der Waals surface area contributed by atoms with E-state index in [1.54, 1.807) is 0 Å². The molecule has 0 aliphatic rings. The lowest BCUT2D eigenvalue weighted by molar-refractivity contribution is 0.274. The fraction of sp³-hybridized carbons (Fsp3) is 1.00. The molecule has 0 saturated carbocycles. The lowest BCUT2D eigenvalue weighted by atomic mass is 9.85. The second-order valence-electron chi connectivity index (χ2n) is 7.04.